The number of aromatic nitrogens is 3. The van der Waals surface area contributed by atoms with E-state index in [4.69, 9.17) is 0 Å². The molecule has 2 N–H and O–H groups in total. The van der Waals surface area contributed by atoms with Crippen molar-refractivity contribution in [3.8, 4) is 17.1 Å². The summed E-state index contributed by atoms with van der Waals surface area (Å²) < 4.78 is 0. The van der Waals surface area contributed by atoms with Crippen LogP contribution in [0.5, 0.6) is 5.75 Å². The molecule has 0 aliphatic heterocycles. The Morgan fingerprint density at radius 2 is 2.00 bits per heavy atom. The second-order valence-electron chi connectivity index (χ2n) is 3.91. The second-order valence-corrected chi connectivity index (χ2v) is 4.89. The largest absolute Gasteiger partial charge is 0.507 e. The molecule has 1 aromatic carbocycles. The number of phenols is 1. The van der Waals surface area contributed by atoms with Crippen LogP contribution in [0, 0.1) is 0 Å². The van der Waals surface area contributed by atoms with E-state index in [0.717, 1.165) is 4.88 Å². The van der Waals surface area contributed by atoms with Crippen LogP contribution in [-0.4, -0.2) is 20.3 Å². The van der Waals surface area contributed by atoms with Crippen molar-refractivity contribution in [1.82, 2.24) is 15.2 Å². The lowest BCUT2D eigenvalue weighted by Crippen LogP contribution is -1.81. The van der Waals surface area contributed by atoms with Crippen molar-refractivity contribution in [3.05, 3.63) is 52.5 Å². The quantitative estimate of drug-likeness (QED) is 0.766. The normalized spacial score (nSPS) is 11.2. The van der Waals surface area contributed by atoms with Gasteiger partial charge in [0.1, 0.15) is 11.6 Å². The molecule has 2 aromatic heterocycles. The lowest BCUT2D eigenvalue weighted by atomic mass is 10.2. The first-order valence-electron chi connectivity index (χ1n) is 5.75. The molecule has 0 amide bonds. The fraction of sp³-hybridized carbons (Fsp3) is 0. The number of rotatable bonds is 3. The fourth-order valence-corrected chi connectivity index (χ4v) is 2.30. The summed E-state index contributed by atoms with van der Waals surface area (Å²) in [6.07, 6.45) is 3.84. The lowest BCUT2D eigenvalue weighted by Gasteiger charge is -1.97. The summed E-state index contributed by atoms with van der Waals surface area (Å²) in [6.45, 7) is 0. The number of thiophene rings is 1. The molecular weight excluding hydrogens is 258 g/mol. The first-order valence-corrected chi connectivity index (χ1v) is 6.63. The van der Waals surface area contributed by atoms with Crippen LogP contribution in [0.2, 0.25) is 0 Å². The van der Waals surface area contributed by atoms with Crippen molar-refractivity contribution in [2.45, 2.75) is 0 Å². The van der Waals surface area contributed by atoms with E-state index >= 15 is 0 Å². The van der Waals surface area contributed by atoms with Gasteiger partial charge in [0, 0.05) is 4.88 Å². The van der Waals surface area contributed by atoms with E-state index in [1.807, 2.05) is 35.7 Å². The molecule has 0 radical (unpaired) electrons. The van der Waals surface area contributed by atoms with Crippen molar-refractivity contribution < 1.29 is 5.11 Å². The van der Waals surface area contributed by atoms with E-state index in [1.165, 1.54) is 0 Å². The molecule has 3 aromatic rings. The van der Waals surface area contributed by atoms with E-state index < -0.39 is 0 Å². The summed E-state index contributed by atoms with van der Waals surface area (Å²) in [5, 5.41) is 18.7. The van der Waals surface area contributed by atoms with Crippen molar-refractivity contribution in [2.75, 3.05) is 0 Å². The summed E-state index contributed by atoms with van der Waals surface area (Å²) >= 11 is 1.66. The molecule has 0 aliphatic rings. The van der Waals surface area contributed by atoms with Gasteiger partial charge in [0.15, 0.2) is 5.82 Å². The third-order valence-electron chi connectivity index (χ3n) is 2.60. The number of hydrogen-bond donors (Lipinski definition) is 2. The van der Waals surface area contributed by atoms with E-state index in [1.54, 1.807) is 29.5 Å². The van der Waals surface area contributed by atoms with Crippen molar-refractivity contribution in [1.29, 1.82) is 0 Å². The van der Waals surface area contributed by atoms with Crippen molar-refractivity contribution in [3.63, 3.8) is 0 Å². The monoisotopic (exact) mass is 269 g/mol. The van der Waals surface area contributed by atoms with Crippen LogP contribution in [0.1, 0.15) is 10.7 Å². The number of benzene rings is 1. The Labute approximate surface area is 114 Å². The van der Waals surface area contributed by atoms with Gasteiger partial charge in [-0.3, -0.25) is 5.10 Å². The van der Waals surface area contributed by atoms with Crippen LogP contribution in [0.3, 0.4) is 0 Å². The molecule has 4 nitrogen and oxygen atoms in total. The molecule has 0 bridgehead atoms. The summed E-state index contributed by atoms with van der Waals surface area (Å²) in [7, 11) is 0. The standard InChI is InChI=1S/C14H11N3OS/c18-12-6-2-1-5-11(12)14-15-13(16-17-14)8-7-10-4-3-9-19-10/h1-9,18H,(H,15,16,17)/b8-7+. The average molecular weight is 269 g/mol. The Morgan fingerprint density at radius 3 is 2.79 bits per heavy atom. The first-order chi connectivity index (χ1) is 9.33. The first kappa shape index (κ1) is 11.7. The molecule has 0 atom stereocenters. The van der Waals surface area contributed by atoms with Gasteiger partial charge in [-0.2, -0.15) is 5.10 Å². The van der Waals surface area contributed by atoms with Gasteiger partial charge in [0.05, 0.1) is 5.56 Å². The van der Waals surface area contributed by atoms with Gasteiger partial charge in [-0.25, -0.2) is 4.98 Å². The van der Waals surface area contributed by atoms with Gasteiger partial charge < -0.3 is 5.11 Å². The fourth-order valence-electron chi connectivity index (χ4n) is 1.68. The minimum atomic E-state index is 0.176. The maximum atomic E-state index is 9.74. The molecule has 94 valence electrons. The van der Waals surface area contributed by atoms with E-state index in [0.29, 0.717) is 17.2 Å². The van der Waals surface area contributed by atoms with Gasteiger partial charge in [0.25, 0.3) is 0 Å². The number of nitrogens with zero attached hydrogens (tertiary/aromatic N) is 2. The zero-order chi connectivity index (χ0) is 13.1. The third kappa shape index (κ3) is 2.56. The number of para-hydroxylation sites is 1. The molecule has 0 saturated carbocycles. The molecular formula is C14H11N3OS. The van der Waals surface area contributed by atoms with Crippen LogP contribution in [0.25, 0.3) is 23.5 Å². The highest BCUT2D eigenvalue weighted by Crippen LogP contribution is 2.25. The summed E-state index contributed by atoms with van der Waals surface area (Å²) in [5.41, 5.74) is 0.620. The highest BCUT2D eigenvalue weighted by Gasteiger charge is 2.08. The molecule has 3 rings (SSSR count). The van der Waals surface area contributed by atoms with Gasteiger partial charge >= 0.3 is 0 Å². The molecule has 0 aliphatic carbocycles. The van der Waals surface area contributed by atoms with Crippen LogP contribution >= 0.6 is 11.3 Å². The molecule has 0 unspecified atom stereocenters. The summed E-state index contributed by atoms with van der Waals surface area (Å²) in [6, 6.07) is 11.0. The Morgan fingerprint density at radius 1 is 1.11 bits per heavy atom. The number of aromatic amines is 1. The molecule has 2 heterocycles. The van der Waals surface area contributed by atoms with Crippen molar-refractivity contribution in [2.24, 2.45) is 0 Å². The van der Waals surface area contributed by atoms with Crippen LogP contribution in [-0.2, 0) is 0 Å². The minimum absolute atomic E-state index is 0.176. The zero-order valence-corrected chi connectivity index (χ0v) is 10.8. The van der Waals surface area contributed by atoms with Gasteiger partial charge in [-0.15, -0.1) is 11.3 Å². The smallest absolute Gasteiger partial charge is 0.185 e. The predicted molar refractivity (Wildman–Crippen MR) is 76.7 cm³/mol. The Hall–Kier alpha value is -2.40. The van der Waals surface area contributed by atoms with E-state index in [9.17, 15) is 5.11 Å². The average Bonchev–Trinajstić information content (AvgIpc) is 3.08. The number of nitrogens with one attached hydrogen (secondary N) is 1. The van der Waals surface area contributed by atoms with Gasteiger partial charge in [0.2, 0.25) is 0 Å². The van der Waals surface area contributed by atoms with Gasteiger partial charge in [-0.05, 0) is 35.7 Å². The molecule has 5 heteroatoms. The lowest BCUT2D eigenvalue weighted by molar-refractivity contribution is 0.477. The number of H-pyrrole nitrogens is 1. The van der Waals surface area contributed by atoms with E-state index in [-0.39, 0.29) is 5.75 Å². The van der Waals surface area contributed by atoms with E-state index in [2.05, 4.69) is 15.2 Å². The topological polar surface area (TPSA) is 61.8 Å². The third-order valence-corrected chi connectivity index (χ3v) is 3.43. The van der Waals surface area contributed by atoms with Crippen LogP contribution in [0.15, 0.2) is 41.8 Å². The molecule has 0 fully saturated rings. The SMILES string of the molecule is Oc1ccccc1-c1n[nH]c(/C=C/c2cccs2)n1. The highest BCUT2D eigenvalue weighted by atomic mass is 32.1. The Balaban J connectivity index is 1.86. The summed E-state index contributed by atoms with van der Waals surface area (Å²) in [4.78, 5) is 5.49. The molecule has 0 spiro atoms. The Kier molecular flexibility index (Phi) is 3.12. The Bertz CT molecular complexity index is 701. The maximum absolute atomic E-state index is 9.74. The number of hydrogen-bond acceptors (Lipinski definition) is 4. The van der Waals surface area contributed by atoms with Crippen molar-refractivity contribution >= 4 is 23.5 Å². The molecule has 19 heavy (non-hydrogen) atoms. The number of aromatic hydroxyl groups is 1. The van der Waals surface area contributed by atoms with Crippen LogP contribution < -0.4 is 0 Å². The highest BCUT2D eigenvalue weighted by molar-refractivity contribution is 7.10. The molecule has 0 saturated heterocycles. The minimum Gasteiger partial charge on any atom is -0.507 e. The summed E-state index contributed by atoms with van der Waals surface area (Å²) in [5.74, 6) is 1.32. The van der Waals surface area contributed by atoms with Gasteiger partial charge in [-0.1, -0.05) is 18.2 Å². The number of phenolic OH excluding ortho intramolecular Hbond substituents is 1. The maximum Gasteiger partial charge on any atom is 0.185 e. The zero-order valence-electron chi connectivity index (χ0n) is 9.95. The predicted octanol–water partition coefficient (Wildman–Crippen LogP) is 3.41. The second kappa shape index (κ2) is 5.07. The van der Waals surface area contributed by atoms with Crippen LogP contribution in [0.4, 0.5) is 0 Å².